The fourth-order valence-corrected chi connectivity index (χ4v) is 1.89. The third kappa shape index (κ3) is 4.35. The topological polar surface area (TPSA) is 79.6 Å². The predicted octanol–water partition coefficient (Wildman–Crippen LogP) is 3.22. The highest BCUT2D eigenvalue weighted by Gasteiger charge is 2.09. The molecule has 0 fully saturated rings. The molecule has 0 aliphatic rings. The maximum atomic E-state index is 10.9. The Morgan fingerprint density at radius 1 is 1.23 bits per heavy atom. The minimum absolute atomic E-state index is 0.00883. The Bertz CT molecular complexity index is 714. The first kappa shape index (κ1) is 15.6. The minimum atomic E-state index is -0.454. The number of rotatable bonds is 4. The Hall–Kier alpha value is -2.80. The van der Waals surface area contributed by atoms with Crippen molar-refractivity contribution in [2.75, 3.05) is 5.32 Å². The molecule has 2 aromatic carbocycles. The van der Waals surface area contributed by atoms with E-state index in [0.29, 0.717) is 10.7 Å². The highest BCUT2D eigenvalue weighted by Crippen LogP contribution is 2.15. The number of nitro groups is 1. The van der Waals surface area contributed by atoms with Gasteiger partial charge in [-0.2, -0.15) is 5.10 Å². The lowest BCUT2D eigenvalue weighted by molar-refractivity contribution is -0.385. The number of thiocarbonyl (C=S) groups is 1. The quantitative estimate of drug-likeness (QED) is 0.392. The molecule has 0 radical (unpaired) electrons. The number of aryl methyl sites for hydroxylation is 1. The zero-order valence-electron chi connectivity index (χ0n) is 11.8. The largest absolute Gasteiger partial charge is 0.331 e. The normalized spacial score (nSPS) is 10.4. The van der Waals surface area contributed by atoms with Gasteiger partial charge in [0.05, 0.1) is 16.7 Å². The van der Waals surface area contributed by atoms with Gasteiger partial charge in [-0.1, -0.05) is 29.8 Å². The number of nitrogens with one attached hydrogen (secondary N) is 2. The zero-order valence-corrected chi connectivity index (χ0v) is 12.6. The van der Waals surface area contributed by atoms with Crippen LogP contribution in [0.1, 0.15) is 11.1 Å². The molecule has 0 aromatic heterocycles. The molecular formula is C15H14N4O2S. The lowest BCUT2D eigenvalue weighted by Gasteiger charge is -2.06. The van der Waals surface area contributed by atoms with E-state index in [2.05, 4.69) is 15.8 Å². The number of nitro benzene ring substituents is 1. The fourth-order valence-electron chi connectivity index (χ4n) is 1.72. The summed E-state index contributed by atoms with van der Waals surface area (Å²) in [6.45, 7) is 2.00. The van der Waals surface area contributed by atoms with E-state index in [1.165, 1.54) is 12.3 Å². The maximum Gasteiger partial charge on any atom is 0.278 e. The molecule has 0 aliphatic carbocycles. The van der Waals surface area contributed by atoms with E-state index in [4.69, 9.17) is 12.2 Å². The van der Waals surface area contributed by atoms with E-state index in [1.807, 2.05) is 31.2 Å². The summed E-state index contributed by atoms with van der Waals surface area (Å²) in [5, 5.41) is 18.1. The van der Waals surface area contributed by atoms with Gasteiger partial charge in [-0.3, -0.25) is 15.5 Å². The highest BCUT2D eigenvalue weighted by molar-refractivity contribution is 7.80. The van der Waals surface area contributed by atoms with Crippen LogP contribution in [-0.2, 0) is 0 Å². The summed E-state index contributed by atoms with van der Waals surface area (Å²) in [5.74, 6) is 0. The summed E-state index contributed by atoms with van der Waals surface area (Å²) >= 11 is 5.10. The summed E-state index contributed by atoms with van der Waals surface area (Å²) < 4.78 is 0. The van der Waals surface area contributed by atoms with E-state index in [9.17, 15) is 10.1 Å². The van der Waals surface area contributed by atoms with Crippen molar-refractivity contribution in [2.45, 2.75) is 6.92 Å². The van der Waals surface area contributed by atoms with Gasteiger partial charge in [-0.15, -0.1) is 0 Å². The van der Waals surface area contributed by atoms with Crippen molar-refractivity contribution in [1.29, 1.82) is 0 Å². The number of hydrogen-bond acceptors (Lipinski definition) is 4. The SMILES string of the molecule is Cc1ccc(NC(=S)N/N=C/c2ccccc2[N+](=O)[O-])cc1. The first-order chi connectivity index (χ1) is 10.6. The van der Waals surface area contributed by atoms with Crippen LogP contribution in [0, 0.1) is 17.0 Å². The molecule has 6 nitrogen and oxygen atoms in total. The molecule has 0 spiro atoms. The van der Waals surface area contributed by atoms with Crippen LogP contribution < -0.4 is 10.7 Å². The van der Waals surface area contributed by atoms with E-state index < -0.39 is 4.92 Å². The van der Waals surface area contributed by atoms with Gasteiger partial charge in [0.25, 0.3) is 5.69 Å². The molecule has 112 valence electrons. The number of hydrazone groups is 1. The van der Waals surface area contributed by atoms with Crippen LogP contribution in [0.25, 0.3) is 0 Å². The summed E-state index contributed by atoms with van der Waals surface area (Å²) in [7, 11) is 0. The van der Waals surface area contributed by atoms with Gasteiger partial charge in [0.15, 0.2) is 5.11 Å². The van der Waals surface area contributed by atoms with E-state index in [1.54, 1.807) is 18.2 Å². The third-order valence-corrected chi connectivity index (χ3v) is 3.01. The molecule has 0 aliphatic heterocycles. The first-order valence-corrected chi connectivity index (χ1v) is 6.87. The van der Waals surface area contributed by atoms with Crippen LogP contribution in [0.5, 0.6) is 0 Å². The fraction of sp³-hybridized carbons (Fsp3) is 0.0667. The van der Waals surface area contributed by atoms with Crippen LogP contribution in [0.4, 0.5) is 11.4 Å². The van der Waals surface area contributed by atoms with Gasteiger partial charge in [0.2, 0.25) is 0 Å². The molecule has 0 saturated heterocycles. The summed E-state index contributed by atoms with van der Waals surface area (Å²) in [4.78, 5) is 10.4. The molecule has 22 heavy (non-hydrogen) atoms. The molecule has 0 amide bonds. The van der Waals surface area contributed by atoms with Crippen molar-refractivity contribution in [3.63, 3.8) is 0 Å². The van der Waals surface area contributed by atoms with E-state index in [0.717, 1.165) is 11.3 Å². The second-order valence-electron chi connectivity index (χ2n) is 4.51. The van der Waals surface area contributed by atoms with Crippen LogP contribution in [0.2, 0.25) is 0 Å². The molecule has 2 aromatic rings. The number of hydrogen-bond donors (Lipinski definition) is 2. The van der Waals surface area contributed by atoms with Crippen molar-refractivity contribution in [1.82, 2.24) is 5.43 Å². The van der Waals surface area contributed by atoms with Gasteiger partial charge in [-0.05, 0) is 37.3 Å². The van der Waals surface area contributed by atoms with Crippen molar-refractivity contribution >= 4 is 34.9 Å². The summed E-state index contributed by atoms with van der Waals surface area (Å²) in [6, 6.07) is 14.1. The molecule has 7 heteroatoms. The molecule has 0 atom stereocenters. The van der Waals surface area contributed by atoms with Crippen LogP contribution >= 0.6 is 12.2 Å². The first-order valence-electron chi connectivity index (χ1n) is 6.46. The molecule has 2 N–H and O–H groups in total. The second-order valence-corrected chi connectivity index (χ2v) is 4.91. The Kier molecular flexibility index (Phi) is 5.16. The maximum absolute atomic E-state index is 10.9. The van der Waals surface area contributed by atoms with Gasteiger partial charge in [-0.25, -0.2) is 0 Å². The lowest BCUT2D eigenvalue weighted by atomic mass is 10.2. The van der Waals surface area contributed by atoms with Gasteiger partial charge < -0.3 is 5.32 Å². The van der Waals surface area contributed by atoms with E-state index >= 15 is 0 Å². The lowest BCUT2D eigenvalue weighted by Crippen LogP contribution is -2.23. The average Bonchev–Trinajstić information content (AvgIpc) is 2.50. The Morgan fingerprint density at radius 2 is 1.91 bits per heavy atom. The van der Waals surface area contributed by atoms with Crippen LogP contribution in [0.15, 0.2) is 53.6 Å². The number of nitrogens with zero attached hydrogens (tertiary/aromatic N) is 2. The van der Waals surface area contributed by atoms with Gasteiger partial charge in [0, 0.05) is 11.8 Å². The van der Waals surface area contributed by atoms with E-state index in [-0.39, 0.29) is 5.69 Å². The standard InChI is InChI=1S/C15H14N4O2S/c1-11-6-8-13(9-7-11)17-15(22)18-16-10-12-4-2-3-5-14(12)19(20)21/h2-10H,1H3,(H2,17,18,22)/b16-10+. The van der Waals surface area contributed by atoms with Crippen molar-refractivity contribution in [3.05, 3.63) is 69.8 Å². The molecule has 0 bridgehead atoms. The number of benzene rings is 2. The van der Waals surface area contributed by atoms with Crippen LogP contribution in [-0.4, -0.2) is 16.3 Å². The number of anilines is 1. The zero-order chi connectivity index (χ0) is 15.9. The monoisotopic (exact) mass is 314 g/mol. The molecule has 0 heterocycles. The third-order valence-electron chi connectivity index (χ3n) is 2.81. The Morgan fingerprint density at radius 3 is 2.59 bits per heavy atom. The predicted molar refractivity (Wildman–Crippen MR) is 91.2 cm³/mol. The molecule has 0 saturated carbocycles. The summed E-state index contributed by atoms with van der Waals surface area (Å²) in [5.41, 5.74) is 5.01. The summed E-state index contributed by atoms with van der Waals surface area (Å²) in [6.07, 6.45) is 1.36. The average molecular weight is 314 g/mol. The Labute approximate surface area is 133 Å². The smallest absolute Gasteiger partial charge is 0.278 e. The van der Waals surface area contributed by atoms with Crippen LogP contribution in [0.3, 0.4) is 0 Å². The Balaban J connectivity index is 1.96. The van der Waals surface area contributed by atoms with Gasteiger partial charge >= 0.3 is 0 Å². The van der Waals surface area contributed by atoms with Crippen molar-refractivity contribution < 1.29 is 4.92 Å². The number of para-hydroxylation sites is 1. The van der Waals surface area contributed by atoms with Gasteiger partial charge in [0.1, 0.15) is 0 Å². The van der Waals surface area contributed by atoms with Crippen molar-refractivity contribution in [3.8, 4) is 0 Å². The highest BCUT2D eigenvalue weighted by atomic mass is 32.1. The van der Waals surface area contributed by atoms with Crippen molar-refractivity contribution in [2.24, 2.45) is 5.10 Å². The minimum Gasteiger partial charge on any atom is -0.331 e. The molecular weight excluding hydrogens is 300 g/mol. The molecule has 0 unspecified atom stereocenters. The molecule has 2 rings (SSSR count). The second kappa shape index (κ2) is 7.28.